The van der Waals surface area contributed by atoms with Crippen LogP contribution in [0, 0.1) is 6.92 Å². The van der Waals surface area contributed by atoms with Gasteiger partial charge in [-0.1, -0.05) is 47.6 Å². The first-order chi connectivity index (χ1) is 11.2. The van der Waals surface area contributed by atoms with E-state index in [0.29, 0.717) is 31.4 Å². The average molecular weight is 316 g/mol. The molecule has 2 atom stereocenters. The number of anilines is 1. The molecular formula is C17H21FN4O. The van der Waals surface area contributed by atoms with Crippen molar-refractivity contribution < 1.29 is 8.81 Å². The molecule has 2 aromatic rings. The summed E-state index contributed by atoms with van der Waals surface area (Å²) in [6.45, 7) is 3.47. The third kappa shape index (κ3) is 4.16. The summed E-state index contributed by atoms with van der Waals surface area (Å²) in [4.78, 5) is 1.86. The zero-order chi connectivity index (χ0) is 16.1. The zero-order valence-corrected chi connectivity index (χ0v) is 13.2. The van der Waals surface area contributed by atoms with E-state index in [1.807, 2.05) is 23.1 Å². The quantitative estimate of drug-likeness (QED) is 0.830. The van der Waals surface area contributed by atoms with E-state index >= 15 is 0 Å². The van der Waals surface area contributed by atoms with Crippen molar-refractivity contribution in [3.05, 3.63) is 47.9 Å². The minimum Gasteiger partial charge on any atom is -0.408 e. The van der Waals surface area contributed by atoms with Crippen molar-refractivity contribution in [3.63, 3.8) is 0 Å². The van der Waals surface area contributed by atoms with Crippen molar-refractivity contribution in [1.82, 2.24) is 15.5 Å². The Bertz CT molecular complexity index is 643. The molecule has 1 N–H and O–H groups in total. The number of halogens is 1. The Labute approximate surface area is 135 Å². The van der Waals surface area contributed by atoms with Gasteiger partial charge in [-0.2, -0.15) is 0 Å². The van der Waals surface area contributed by atoms with E-state index in [1.165, 1.54) is 5.56 Å². The molecule has 1 saturated heterocycles. The molecule has 122 valence electrons. The standard InChI is InChI=1S/C17H21FN4O/c1-13-20-21-17(23-13)22-12-15(18)10-16(22)11-19-9-5-8-14-6-3-2-4-7-14/h2-8,15-16,19H,9-12H2,1H3/b8-5+/t15-,16-/m0/s1. The summed E-state index contributed by atoms with van der Waals surface area (Å²) in [5.41, 5.74) is 1.17. The SMILES string of the molecule is Cc1nnc(N2C[C@@H](F)C[C@H]2CNC/C=C/c2ccccc2)o1. The summed E-state index contributed by atoms with van der Waals surface area (Å²) < 4.78 is 19.2. The van der Waals surface area contributed by atoms with Gasteiger partial charge in [0.05, 0.1) is 6.54 Å². The molecule has 6 heteroatoms. The highest BCUT2D eigenvalue weighted by Crippen LogP contribution is 2.25. The maximum Gasteiger partial charge on any atom is 0.318 e. The number of hydrogen-bond donors (Lipinski definition) is 1. The fourth-order valence-corrected chi connectivity index (χ4v) is 2.78. The Morgan fingerprint density at radius 3 is 2.91 bits per heavy atom. The number of nitrogens with zero attached hydrogens (tertiary/aromatic N) is 3. The highest BCUT2D eigenvalue weighted by molar-refractivity contribution is 5.48. The van der Waals surface area contributed by atoms with Gasteiger partial charge in [0.2, 0.25) is 5.89 Å². The van der Waals surface area contributed by atoms with Crippen LogP contribution in [0.1, 0.15) is 17.9 Å². The lowest BCUT2D eigenvalue weighted by Crippen LogP contribution is -2.38. The molecule has 0 aliphatic carbocycles. The van der Waals surface area contributed by atoms with Crippen LogP contribution in [0.25, 0.3) is 6.08 Å². The van der Waals surface area contributed by atoms with Crippen LogP contribution in [0.5, 0.6) is 0 Å². The average Bonchev–Trinajstić information content (AvgIpc) is 3.14. The predicted octanol–water partition coefficient (Wildman–Crippen LogP) is 2.60. The molecule has 1 aliphatic heterocycles. The van der Waals surface area contributed by atoms with Gasteiger partial charge in [0.1, 0.15) is 6.17 Å². The molecule has 1 aliphatic rings. The fraction of sp³-hybridized carbons (Fsp3) is 0.412. The largest absolute Gasteiger partial charge is 0.408 e. The molecule has 1 aromatic heterocycles. The molecular weight excluding hydrogens is 295 g/mol. The van der Waals surface area contributed by atoms with Crippen molar-refractivity contribution in [2.45, 2.75) is 25.6 Å². The molecule has 1 aromatic carbocycles. The van der Waals surface area contributed by atoms with Crippen molar-refractivity contribution in [1.29, 1.82) is 0 Å². The van der Waals surface area contributed by atoms with Crippen LogP contribution in [0.4, 0.5) is 10.4 Å². The number of benzene rings is 1. The lowest BCUT2D eigenvalue weighted by atomic mass is 10.2. The van der Waals surface area contributed by atoms with Crippen LogP contribution in [0.15, 0.2) is 40.8 Å². The molecule has 23 heavy (non-hydrogen) atoms. The van der Waals surface area contributed by atoms with Crippen molar-refractivity contribution in [3.8, 4) is 0 Å². The molecule has 0 amide bonds. The summed E-state index contributed by atoms with van der Waals surface area (Å²) in [7, 11) is 0. The van der Waals surface area contributed by atoms with Crippen molar-refractivity contribution in [2.75, 3.05) is 24.5 Å². The van der Waals surface area contributed by atoms with Gasteiger partial charge in [0.15, 0.2) is 0 Å². The van der Waals surface area contributed by atoms with Crippen molar-refractivity contribution in [2.24, 2.45) is 0 Å². The summed E-state index contributed by atoms with van der Waals surface area (Å²) >= 11 is 0. The van der Waals surface area contributed by atoms with Gasteiger partial charge < -0.3 is 14.6 Å². The summed E-state index contributed by atoms with van der Waals surface area (Å²) in [6, 6.07) is 10.6. The molecule has 3 rings (SSSR count). The van der Waals surface area contributed by atoms with Gasteiger partial charge in [-0.05, 0) is 5.56 Å². The topological polar surface area (TPSA) is 54.2 Å². The maximum absolute atomic E-state index is 13.7. The first-order valence-electron chi connectivity index (χ1n) is 7.85. The van der Waals surface area contributed by atoms with Gasteiger partial charge in [-0.25, -0.2) is 4.39 Å². The Morgan fingerprint density at radius 2 is 2.17 bits per heavy atom. The number of hydrogen-bond acceptors (Lipinski definition) is 5. The number of nitrogens with one attached hydrogen (secondary N) is 1. The highest BCUT2D eigenvalue weighted by Gasteiger charge is 2.34. The minimum absolute atomic E-state index is 0.0370. The van der Waals surface area contributed by atoms with Crippen LogP contribution < -0.4 is 10.2 Å². The number of aryl methyl sites for hydroxylation is 1. The zero-order valence-electron chi connectivity index (χ0n) is 13.2. The van der Waals surface area contributed by atoms with Crippen LogP contribution >= 0.6 is 0 Å². The normalized spacial score (nSPS) is 21.4. The predicted molar refractivity (Wildman–Crippen MR) is 88.0 cm³/mol. The smallest absolute Gasteiger partial charge is 0.318 e. The van der Waals surface area contributed by atoms with Gasteiger partial charge in [0, 0.05) is 32.5 Å². The van der Waals surface area contributed by atoms with E-state index in [0.717, 1.165) is 6.54 Å². The lowest BCUT2D eigenvalue weighted by molar-refractivity contribution is 0.354. The van der Waals surface area contributed by atoms with Crippen LogP contribution in [0.3, 0.4) is 0 Å². The molecule has 5 nitrogen and oxygen atoms in total. The number of rotatable bonds is 6. The Hall–Kier alpha value is -2.21. The second kappa shape index (κ2) is 7.37. The molecule has 2 heterocycles. The van der Waals surface area contributed by atoms with Gasteiger partial charge in [-0.15, -0.1) is 5.10 Å². The molecule has 0 spiro atoms. The second-order valence-corrected chi connectivity index (χ2v) is 5.71. The van der Waals surface area contributed by atoms with Crippen LogP contribution in [-0.4, -0.2) is 42.0 Å². The van der Waals surface area contributed by atoms with Gasteiger partial charge in [0.25, 0.3) is 0 Å². The monoisotopic (exact) mass is 316 g/mol. The maximum atomic E-state index is 13.7. The first kappa shape index (κ1) is 15.7. The second-order valence-electron chi connectivity index (χ2n) is 5.71. The van der Waals surface area contributed by atoms with E-state index in [9.17, 15) is 4.39 Å². The van der Waals surface area contributed by atoms with E-state index < -0.39 is 6.17 Å². The Balaban J connectivity index is 1.49. The van der Waals surface area contributed by atoms with Gasteiger partial charge in [-0.3, -0.25) is 0 Å². The minimum atomic E-state index is -0.853. The molecule has 0 unspecified atom stereocenters. The fourth-order valence-electron chi connectivity index (χ4n) is 2.78. The van der Waals surface area contributed by atoms with E-state index in [2.05, 4.69) is 39.8 Å². The van der Waals surface area contributed by atoms with Crippen LogP contribution in [0.2, 0.25) is 0 Å². The van der Waals surface area contributed by atoms with E-state index in [4.69, 9.17) is 4.42 Å². The summed E-state index contributed by atoms with van der Waals surface area (Å²) in [5, 5.41) is 11.2. The number of aromatic nitrogens is 2. The summed E-state index contributed by atoms with van der Waals surface area (Å²) in [6.07, 6.45) is 3.77. The van der Waals surface area contributed by atoms with E-state index in [-0.39, 0.29) is 6.04 Å². The lowest BCUT2D eigenvalue weighted by Gasteiger charge is -2.21. The Morgan fingerprint density at radius 1 is 1.35 bits per heavy atom. The number of alkyl halides is 1. The third-order valence-corrected chi connectivity index (χ3v) is 3.88. The van der Waals surface area contributed by atoms with Crippen molar-refractivity contribution >= 4 is 12.1 Å². The molecule has 1 fully saturated rings. The van der Waals surface area contributed by atoms with Crippen LogP contribution in [-0.2, 0) is 0 Å². The summed E-state index contributed by atoms with van der Waals surface area (Å²) in [5.74, 6) is 0.500. The first-order valence-corrected chi connectivity index (χ1v) is 7.85. The molecule has 0 saturated carbocycles. The molecule has 0 radical (unpaired) electrons. The van der Waals surface area contributed by atoms with E-state index in [1.54, 1.807) is 6.92 Å². The highest BCUT2D eigenvalue weighted by atomic mass is 19.1. The third-order valence-electron chi connectivity index (χ3n) is 3.88. The molecule has 0 bridgehead atoms. The van der Waals surface area contributed by atoms with Gasteiger partial charge >= 0.3 is 6.01 Å². The Kier molecular flexibility index (Phi) is 5.02.